The summed E-state index contributed by atoms with van der Waals surface area (Å²) in [6.07, 6.45) is 3.47. The molecule has 0 bridgehead atoms. The van der Waals surface area contributed by atoms with Gasteiger partial charge in [-0.2, -0.15) is 0 Å². The molecular formula is C11H22O3. The number of ether oxygens (including phenoxy) is 2. The molecule has 14 heavy (non-hydrogen) atoms. The lowest BCUT2D eigenvalue weighted by molar-refractivity contribution is -0.139. The summed E-state index contributed by atoms with van der Waals surface area (Å²) in [5, 5.41) is 10.0. The van der Waals surface area contributed by atoms with E-state index in [0.29, 0.717) is 0 Å². The highest BCUT2D eigenvalue weighted by molar-refractivity contribution is 4.96. The molecule has 0 heterocycles. The first-order valence-electron chi connectivity index (χ1n) is 5.21. The third-order valence-electron chi connectivity index (χ3n) is 3.29. The summed E-state index contributed by atoms with van der Waals surface area (Å²) in [6.45, 7) is 4.09. The third kappa shape index (κ3) is 2.94. The van der Waals surface area contributed by atoms with Gasteiger partial charge in [0.2, 0.25) is 0 Å². The van der Waals surface area contributed by atoms with Gasteiger partial charge < -0.3 is 14.6 Å². The molecule has 84 valence electrons. The standard InChI is InChI=1S/C11H22O3/c1-10(2,14-4)5-6-11(12)7-9(8-11)13-3/h9,12H,5-8H2,1-4H3. The lowest BCUT2D eigenvalue weighted by atomic mass is 9.73. The minimum absolute atomic E-state index is 0.131. The molecule has 0 saturated heterocycles. The molecule has 1 rings (SSSR count). The van der Waals surface area contributed by atoms with Gasteiger partial charge in [0, 0.05) is 27.1 Å². The van der Waals surface area contributed by atoms with Crippen molar-refractivity contribution in [2.45, 2.75) is 56.8 Å². The van der Waals surface area contributed by atoms with E-state index in [1.807, 2.05) is 13.8 Å². The SMILES string of the molecule is COC1CC(O)(CCC(C)(C)OC)C1. The molecule has 0 unspecified atom stereocenters. The van der Waals surface area contributed by atoms with Crippen LogP contribution in [0.4, 0.5) is 0 Å². The molecule has 0 aliphatic heterocycles. The van der Waals surface area contributed by atoms with Crippen molar-refractivity contribution in [1.29, 1.82) is 0 Å². The molecule has 1 fully saturated rings. The van der Waals surface area contributed by atoms with E-state index in [1.54, 1.807) is 14.2 Å². The molecule has 1 aliphatic carbocycles. The summed E-state index contributed by atoms with van der Waals surface area (Å²) in [5.74, 6) is 0. The fourth-order valence-electron chi connectivity index (χ4n) is 1.79. The Balaban J connectivity index is 2.26. The van der Waals surface area contributed by atoms with Crippen molar-refractivity contribution < 1.29 is 14.6 Å². The van der Waals surface area contributed by atoms with Gasteiger partial charge in [0.05, 0.1) is 17.3 Å². The normalized spacial score (nSPS) is 32.8. The second-order valence-electron chi connectivity index (χ2n) is 4.95. The lowest BCUT2D eigenvalue weighted by Crippen LogP contribution is -2.48. The Hall–Kier alpha value is -0.120. The van der Waals surface area contributed by atoms with Crippen LogP contribution in [-0.4, -0.2) is 36.6 Å². The Bertz CT molecular complexity index is 183. The molecule has 0 aromatic carbocycles. The monoisotopic (exact) mass is 202 g/mol. The van der Waals surface area contributed by atoms with Gasteiger partial charge in [-0.1, -0.05) is 0 Å². The highest BCUT2D eigenvalue weighted by atomic mass is 16.5. The van der Waals surface area contributed by atoms with Crippen molar-refractivity contribution in [3.63, 3.8) is 0 Å². The smallest absolute Gasteiger partial charge is 0.0698 e. The highest BCUT2D eigenvalue weighted by Crippen LogP contribution is 2.39. The van der Waals surface area contributed by atoms with Crippen molar-refractivity contribution in [2.24, 2.45) is 0 Å². The van der Waals surface area contributed by atoms with E-state index < -0.39 is 5.60 Å². The van der Waals surface area contributed by atoms with Gasteiger partial charge in [-0.15, -0.1) is 0 Å². The van der Waals surface area contributed by atoms with Gasteiger partial charge in [0.15, 0.2) is 0 Å². The van der Waals surface area contributed by atoms with Gasteiger partial charge >= 0.3 is 0 Å². The van der Waals surface area contributed by atoms with Crippen molar-refractivity contribution in [1.82, 2.24) is 0 Å². The zero-order valence-corrected chi connectivity index (χ0v) is 9.67. The van der Waals surface area contributed by atoms with Crippen molar-refractivity contribution in [2.75, 3.05) is 14.2 Å². The first kappa shape index (κ1) is 12.0. The predicted octanol–water partition coefficient (Wildman–Crippen LogP) is 1.73. The van der Waals surface area contributed by atoms with E-state index in [4.69, 9.17) is 9.47 Å². The zero-order valence-electron chi connectivity index (χ0n) is 9.67. The summed E-state index contributed by atoms with van der Waals surface area (Å²) >= 11 is 0. The summed E-state index contributed by atoms with van der Waals surface area (Å²) < 4.78 is 10.5. The Morgan fingerprint density at radius 2 is 1.93 bits per heavy atom. The molecule has 0 aromatic rings. The minimum Gasteiger partial charge on any atom is -0.390 e. The maximum atomic E-state index is 10.0. The third-order valence-corrected chi connectivity index (χ3v) is 3.29. The average molecular weight is 202 g/mol. The van der Waals surface area contributed by atoms with Gasteiger partial charge in [-0.05, 0) is 26.7 Å². The molecule has 0 atom stereocenters. The van der Waals surface area contributed by atoms with E-state index in [0.717, 1.165) is 25.7 Å². The largest absolute Gasteiger partial charge is 0.390 e. The highest BCUT2D eigenvalue weighted by Gasteiger charge is 2.43. The van der Waals surface area contributed by atoms with Crippen molar-refractivity contribution in [3.8, 4) is 0 Å². The molecular weight excluding hydrogens is 180 g/mol. The number of hydrogen-bond acceptors (Lipinski definition) is 3. The topological polar surface area (TPSA) is 38.7 Å². The molecule has 0 aromatic heterocycles. The Morgan fingerprint density at radius 1 is 1.36 bits per heavy atom. The summed E-state index contributed by atoms with van der Waals surface area (Å²) in [5.41, 5.74) is -0.635. The molecule has 0 amide bonds. The van der Waals surface area contributed by atoms with Crippen LogP contribution < -0.4 is 0 Å². The number of methoxy groups -OCH3 is 2. The molecule has 1 N–H and O–H groups in total. The van der Waals surface area contributed by atoms with Crippen LogP contribution in [0.25, 0.3) is 0 Å². The van der Waals surface area contributed by atoms with Gasteiger partial charge in [0.1, 0.15) is 0 Å². The molecule has 0 spiro atoms. The van der Waals surface area contributed by atoms with Crippen LogP contribution in [0.5, 0.6) is 0 Å². The van der Waals surface area contributed by atoms with Crippen LogP contribution >= 0.6 is 0 Å². The van der Waals surface area contributed by atoms with Crippen LogP contribution in [-0.2, 0) is 9.47 Å². The molecule has 1 saturated carbocycles. The summed E-state index contributed by atoms with van der Waals surface area (Å²) in [7, 11) is 3.41. The first-order chi connectivity index (χ1) is 6.41. The molecule has 3 heteroatoms. The van der Waals surface area contributed by atoms with Crippen LogP contribution in [0.15, 0.2) is 0 Å². The van der Waals surface area contributed by atoms with Crippen LogP contribution in [0.3, 0.4) is 0 Å². The fourth-order valence-corrected chi connectivity index (χ4v) is 1.79. The number of rotatable bonds is 5. The first-order valence-corrected chi connectivity index (χ1v) is 5.21. The number of aliphatic hydroxyl groups is 1. The van der Waals surface area contributed by atoms with Crippen LogP contribution in [0.2, 0.25) is 0 Å². The summed E-state index contributed by atoms with van der Waals surface area (Å²) in [4.78, 5) is 0. The predicted molar refractivity (Wildman–Crippen MR) is 55.3 cm³/mol. The Morgan fingerprint density at radius 3 is 2.36 bits per heavy atom. The summed E-state index contributed by atoms with van der Waals surface area (Å²) in [6, 6.07) is 0. The van der Waals surface area contributed by atoms with E-state index in [2.05, 4.69) is 0 Å². The average Bonchev–Trinajstić information content (AvgIpc) is 2.10. The second-order valence-corrected chi connectivity index (χ2v) is 4.95. The maximum absolute atomic E-state index is 10.0. The molecule has 0 radical (unpaired) electrons. The van der Waals surface area contributed by atoms with Gasteiger partial charge in [0.25, 0.3) is 0 Å². The van der Waals surface area contributed by atoms with Gasteiger partial charge in [-0.3, -0.25) is 0 Å². The van der Waals surface area contributed by atoms with E-state index in [1.165, 1.54) is 0 Å². The molecule has 3 nitrogen and oxygen atoms in total. The van der Waals surface area contributed by atoms with Crippen molar-refractivity contribution >= 4 is 0 Å². The Kier molecular flexibility index (Phi) is 3.56. The van der Waals surface area contributed by atoms with Crippen LogP contribution in [0, 0.1) is 0 Å². The maximum Gasteiger partial charge on any atom is 0.0698 e. The quantitative estimate of drug-likeness (QED) is 0.738. The van der Waals surface area contributed by atoms with E-state index >= 15 is 0 Å². The van der Waals surface area contributed by atoms with E-state index in [-0.39, 0.29) is 11.7 Å². The van der Waals surface area contributed by atoms with Crippen molar-refractivity contribution in [3.05, 3.63) is 0 Å². The van der Waals surface area contributed by atoms with Gasteiger partial charge in [-0.25, -0.2) is 0 Å². The van der Waals surface area contributed by atoms with E-state index in [9.17, 15) is 5.11 Å². The second kappa shape index (κ2) is 4.17. The minimum atomic E-state index is -0.503. The molecule has 1 aliphatic rings. The number of hydrogen-bond donors (Lipinski definition) is 1. The zero-order chi connectivity index (χ0) is 10.8. The lowest BCUT2D eigenvalue weighted by Gasteiger charge is -2.44. The fraction of sp³-hybridized carbons (Fsp3) is 1.00. The van der Waals surface area contributed by atoms with Crippen LogP contribution in [0.1, 0.15) is 39.5 Å². The Labute approximate surface area is 86.4 Å².